The van der Waals surface area contributed by atoms with Crippen molar-refractivity contribution >= 4 is 16.0 Å². The van der Waals surface area contributed by atoms with Crippen molar-refractivity contribution in [1.29, 1.82) is 0 Å². The average Bonchev–Trinajstić information content (AvgIpc) is 2.38. The van der Waals surface area contributed by atoms with Crippen molar-refractivity contribution in [2.24, 2.45) is 0 Å². The summed E-state index contributed by atoms with van der Waals surface area (Å²) in [7, 11) is -2.81. The molecule has 0 amide bonds. The molecule has 0 saturated heterocycles. The van der Waals surface area contributed by atoms with E-state index in [4.69, 9.17) is 5.11 Å². The van der Waals surface area contributed by atoms with Crippen molar-refractivity contribution < 1.29 is 32.6 Å². The van der Waals surface area contributed by atoms with E-state index in [1.807, 2.05) is 0 Å². The van der Waals surface area contributed by atoms with E-state index in [1.54, 1.807) is 0 Å². The number of carbonyl (C=O) groups is 1. The monoisotopic (exact) mass is 321 g/mol. The maximum absolute atomic E-state index is 13.6. The molecule has 0 aromatic heterocycles. The third-order valence-corrected chi connectivity index (χ3v) is 4.07. The van der Waals surface area contributed by atoms with Gasteiger partial charge in [-0.05, 0) is 24.6 Å². The number of aromatic carboxylic acids is 1. The number of aliphatic hydroxyl groups is 1. The highest BCUT2D eigenvalue weighted by atomic mass is 32.2. The van der Waals surface area contributed by atoms with Crippen LogP contribution < -0.4 is 4.72 Å². The number of benzene rings is 1. The molecule has 1 rings (SSSR count). The number of aliphatic hydroxyl groups excluding tert-OH is 1. The first kappa shape index (κ1) is 17.5. The molecule has 3 N–H and O–H groups in total. The number of ether oxygens (including phenoxy) is 1. The molecular weight excluding hydrogens is 305 g/mol. The second kappa shape index (κ2) is 7.46. The van der Waals surface area contributed by atoms with Crippen molar-refractivity contribution in [3.8, 4) is 0 Å². The zero-order valence-electron chi connectivity index (χ0n) is 11.2. The molecule has 0 aliphatic heterocycles. The Morgan fingerprint density at radius 1 is 1.48 bits per heavy atom. The molecule has 0 fully saturated rings. The smallest absolute Gasteiger partial charge is 0.335 e. The minimum absolute atomic E-state index is 0.0462. The standard InChI is InChI=1S/C12H16FNO6S/c1-20-7-9(15)4-5-14-21(18,19)11-6-8(12(16)17)2-3-10(11)13/h2-3,6,9,14-15H,4-5,7H2,1H3,(H,16,17). The number of methoxy groups -OCH3 is 1. The molecule has 1 unspecified atom stereocenters. The van der Waals surface area contributed by atoms with Gasteiger partial charge in [-0.3, -0.25) is 0 Å². The first-order chi connectivity index (χ1) is 9.77. The van der Waals surface area contributed by atoms with Crippen LogP contribution in [0, 0.1) is 5.82 Å². The molecule has 9 heteroatoms. The van der Waals surface area contributed by atoms with Gasteiger partial charge in [-0.15, -0.1) is 0 Å². The highest BCUT2D eigenvalue weighted by Gasteiger charge is 2.21. The highest BCUT2D eigenvalue weighted by molar-refractivity contribution is 7.89. The fourth-order valence-electron chi connectivity index (χ4n) is 1.56. The normalized spacial score (nSPS) is 13.1. The molecular formula is C12H16FNO6S. The van der Waals surface area contributed by atoms with Crippen LogP contribution in [0.15, 0.2) is 23.1 Å². The Kier molecular flexibility index (Phi) is 6.21. The van der Waals surface area contributed by atoms with Crippen LogP contribution in [0.25, 0.3) is 0 Å². The van der Waals surface area contributed by atoms with Gasteiger partial charge < -0.3 is 14.9 Å². The predicted molar refractivity (Wildman–Crippen MR) is 71.0 cm³/mol. The van der Waals surface area contributed by atoms with E-state index in [0.717, 1.165) is 18.2 Å². The van der Waals surface area contributed by atoms with Crippen molar-refractivity contribution in [2.45, 2.75) is 17.4 Å². The molecule has 0 radical (unpaired) electrons. The third-order valence-electron chi connectivity index (χ3n) is 2.60. The summed E-state index contributed by atoms with van der Waals surface area (Å²) >= 11 is 0. The van der Waals surface area contributed by atoms with Crippen LogP contribution in [-0.2, 0) is 14.8 Å². The number of hydrogen-bond donors (Lipinski definition) is 3. The van der Waals surface area contributed by atoms with Gasteiger partial charge in [0, 0.05) is 13.7 Å². The fraction of sp³-hybridized carbons (Fsp3) is 0.417. The molecule has 1 atom stereocenters. The Balaban J connectivity index is 2.83. The third kappa shape index (κ3) is 5.05. The van der Waals surface area contributed by atoms with Gasteiger partial charge in [0.1, 0.15) is 10.7 Å². The van der Waals surface area contributed by atoms with Crippen LogP contribution in [0.5, 0.6) is 0 Å². The minimum Gasteiger partial charge on any atom is -0.478 e. The number of halogens is 1. The van der Waals surface area contributed by atoms with Gasteiger partial charge >= 0.3 is 5.97 Å². The number of carboxylic acids is 1. The lowest BCUT2D eigenvalue weighted by atomic mass is 10.2. The summed E-state index contributed by atoms with van der Waals surface area (Å²) < 4.78 is 44.1. The lowest BCUT2D eigenvalue weighted by Crippen LogP contribution is -2.29. The van der Waals surface area contributed by atoms with Crippen molar-refractivity contribution in [2.75, 3.05) is 20.3 Å². The van der Waals surface area contributed by atoms with E-state index in [-0.39, 0.29) is 25.1 Å². The van der Waals surface area contributed by atoms with E-state index in [2.05, 4.69) is 9.46 Å². The molecule has 0 bridgehead atoms. The first-order valence-electron chi connectivity index (χ1n) is 5.97. The van der Waals surface area contributed by atoms with Gasteiger partial charge in [-0.2, -0.15) is 0 Å². The fourth-order valence-corrected chi connectivity index (χ4v) is 2.70. The quantitative estimate of drug-likeness (QED) is 0.630. The Bertz CT molecular complexity index is 604. The molecule has 0 aliphatic carbocycles. The molecule has 1 aromatic carbocycles. The average molecular weight is 321 g/mol. The van der Waals surface area contributed by atoms with Crippen LogP contribution in [-0.4, -0.2) is 51.0 Å². The summed E-state index contributed by atoms with van der Waals surface area (Å²) in [6, 6.07) is 2.49. The second-order valence-electron chi connectivity index (χ2n) is 4.25. The van der Waals surface area contributed by atoms with Gasteiger partial charge in [0.2, 0.25) is 10.0 Å². The molecule has 7 nitrogen and oxygen atoms in total. The largest absolute Gasteiger partial charge is 0.478 e. The summed E-state index contributed by atoms with van der Waals surface area (Å²) in [5.74, 6) is -2.41. The molecule has 118 valence electrons. The maximum atomic E-state index is 13.6. The summed E-state index contributed by atoms with van der Waals surface area (Å²) in [5.41, 5.74) is -0.337. The first-order valence-corrected chi connectivity index (χ1v) is 7.45. The molecule has 0 heterocycles. The highest BCUT2D eigenvalue weighted by Crippen LogP contribution is 2.16. The van der Waals surface area contributed by atoms with Gasteiger partial charge in [-0.1, -0.05) is 0 Å². The van der Waals surface area contributed by atoms with Crippen LogP contribution in [0.1, 0.15) is 16.8 Å². The van der Waals surface area contributed by atoms with Gasteiger partial charge in [0.15, 0.2) is 0 Å². The Morgan fingerprint density at radius 3 is 2.71 bits per heavy atom. The molecule has 1 aromatic rings. The van der Waals surface area contributed by atoms with E-state index in [1.165, 1.54) is 7.11 Å². The van der Waals surface area contributed by atoms with E-state index in [9.17, 15) is 22.7 Å². The summed E-state index contributed by atoms with van der Waals surface area (Å²) in [6.45, 7) is -0.0891. The van der Waals surface area contributed by atoms with Crippen molar-refractivity contribution in [1.82, 2.24) is 4.72 Å². The van der Waals surface area contributed by atoms with Crippen LogP contribution in [0.4, 0.5) is 4.39 Å². The molecule has 0 saturated carbocycles. The van der Waals surface area contributed by atoms with Crippen molar-refractivity contribution in [3.63, 3.8) is 0 Å². The van der Waals surface area contributed by atoms with Crippen LogP contribution in [0.2, 0.25) is 0 Å². The predicted octanol–water partition coefficient (Wildman–Crippen LogP) is 0.200. The number of sulfonamides is 1. The van der Waals surface area contributed by atoms with E-state index >= 15 is 0 Å². The van der Waals surface area contributed by atoms with Gasteiger partial charge in [-0.25, -0.2) is 22.3 Å². The second-order valence-corrected chi connectivity index (χ2v) is 5.98. The summed E-state index contributed by atoms with van der Waals surface area (Å²) in [4.78, 5) is 10.0. The minimum atomic E-state index is -4.20. The topological polar surface area (TPSA) is 113 Å². The Labute approximate surface area is 121 Å². The zero-order chi connectivity index (χ0) is 16.0. The lowest BCUT2D eigenvalue weighted by Gasteiger charge is -2.11. The summed E-state index contributed by atoms with van der Waals surface area (Å²) in [6.07, 6.45) is -0.777. The zero-order valence-corrected chi connectivity index (χ0v) is 12.1. The maximum Gasteiger partial charge on any atom is 0.335 e. The number of nitrogens with one attached hydrogen (secondary N) is 1. The number of hydrogen-bond acceptors (Lipinski definition) is 5. The summed E-state index contributed by atoms with van der Waals surface area (Å²) in [5, 5.41) is 18.2. The Hall–Kier alpha value is -1.55. The van der Waals surface area contributed by atoms with E-state index < -0.39 is 32.8 Å². The van der Waals surface area contributed by atoms with Gasteiger partial charge in [0.25, 0.3) is 0 Å². The Morgan fingerprint density at radius 2 is 2.14 bits per heavy atom. The van der Waals surface area contributed by atoms with Crippen LogP contribution in [0.3, 0.4) is 0 Å². The number of rotatable bonds is 8. The van der Waals surface area contributed by atoms with Crippen molar-refractivity contribution in [3.05, 3.63) is 29.6 Å². The number of carboxylic acid groups (broad SMARTS) is 1. The van der Waals surface area contributed by atoms with Crippen LogP contribution >= 0.6 is 0 Å². The molecule has 0 aliphatic rings. The van der Waals surface area contributed by atoms with Gasteiger partial charge in [0.05, 0.1) is 18.3 Å². The molecule has 21 heavy (non-hydrogen) atoms. The molecule has 0 spiro atoms. The SMILES string of the molecule is COCC(O)CCNS(=O)(=O)c1cc(C(=O)O)ccc1F. The lowest BCUT2D eigenvalue weighted by molar-refractivity contribution is 0.0603. The van der Waals surface area contributed by atoms with E-state index in [0.29, 0.717) is 0 Å².